The Morgan fingerprint density at radius 1 is 1.40 bits per heavy atom. The van der Waals surface area contributed by atoms with Gasteiger partial charge in [-0.1, -0.05) is 12.8 Å². The van der Waals surface area contributed by atoms with Crippen LogP contribution in [0.3, 0.4) is 0 Å². The maximum Gasteiger partial charge on any atom is 0.323 e. The van der Waals surface area contributed by atoms with Gasteiger partial charge in [0.1, 0.15) is 6.54 Å². The molecule has 5 nitrogen and oxygen atoms in total. The molecule has 1 fully saturated rings. The highest BCUT2D eigenvalue weighted by molar-refractivity contribution is 5.79. The van der Waals surface area contributed by atoms with Crippen LogP contribution >= 0.6 is 0 Å². The standard InChI is InChI=1S/C10H18N2O3/c1-12(7-9(13)14)10(15)11-6-8-4-2-3-5-8/h8H,2-7H2,1H3,(H,11,15)(H,13,14). The molecule has 2 amide bonds. The summed E-state index contributed by atoms with van der Waals surface area (Å²) >= 11 is 0. The smallest absolute Gasteiger partial charge is 0.323 e. The topological polar surface area (TPSA) is 69.6 Å². The number of hydrogen-bond acceptors (Lipinski definition) is 2. The zero-order valence-corrected chi connectivity index (χ0v) is 9.03. The Morgan fingerprint density at radius 2 is 2.00 bits per heavy atom. The van der Waals surface area contributed by atoms with E-state index in [0.717, 1.165) is 0 Å². The first-order valence-electron chi connectivity index (χ1n) is 5.30. The van der Waals surface area contributed by atoms with E-state index in [4.69, 9.17) is 5.11 Å². The van der Waals surface area contributed by atoms with Crippen LogP contribution in [0, 0.1) is 5.92 Å². The zero-order chi connectivity index (χ0) is 11.3. The molecule has 1 saturated carbocycles. The molecule has 15 heavy (non-hydrogen) atoms. The Kier molecular flexibility index (Phi) is 4.39. The number of likely N-dealkylation sites (N-methyl/N-ethyl adjacent to an activating group) is 1. The lowest BCUT2D eigenvalue weighted by molar-refractivity contribution is -0.137. The Balaban J connectivity index is 2.19. The van der Waals surface area contributed by atoms with Gasteiger partial charge in [-0.25, -0.2) is 4.79 Å². The summed E-state index contributed by atoms with van der Waals surface area (Å²) in [7, 11) is 1.48. The van der Waals surface area contributed by atoms with Gasteiger partial charge in [-0.05, 0) is 18.8 Å². The first-order valence-corrected chi connectivity index (χ1v) is 5.30. The summed E-state index contributed by atoms with van der Waals surface area (Å²) in [6.45, 7) is 0.416. The van der Waals surface area contributed by atoms with Crippen LogP contribution in [0.5, 0.6) is 0 Å². The van der Waals surface area contributed by atoms with Crippen molar-refractivity contribution >= 4 is 12.0 Å². The van der Waals surface area contributed by atoms with Crippen molar-refractivity contribution in [2.75, 3.05) is 20.1 Å². The summed E-state index contributed by atoms with van der Waals surface area (Å²) < 4.78 is 0. The fraction of sp³-hybridized carbons (Fsp3) is 0.800. The van der Waals surface area contributed by atoms with E-state index in [2.05, 4.69) is 5.32 Å². The lowest BCUT2D eigenvalue weighted by atomic mass is 10.1. The molecular weight excluding hydrogens is 196 g/mol. The largest absolute Gasteiger partial charge is 0.480 e. The lowest BCUT2D eigenvalue weighted by Gasteiger charge is -2.17. The molecule has 0 spiro atoms. The van der Waals surface area contributed by atoms with Crippen molar-refractivity contribution in [1.82, 2.24) is 10.2 Å². The van der Waals surface area contributed by atoms with Crippen molar-refractivity contribution in [1.29, 1.82) is 0 Å². The molecule has 0 radical (unpaired) electrons. The molecule has 2 N–H and O–H groups in total. The van der Waals surface area contributed by atoms with E-state index >= 15 is 0 Å². The minimum absolute atomic E-state index is 0.253. The first-order chi connectivity index (χ1) is 7.09. The Labute approximate surface area is 89.4 Å². The van der Waals surface area contributed by atoms with Crippen molar-refractivity contribution in [3.8, 4) is 0 Å². The quantitative estimate of drug-likeness (QED) is 0.730. The summed E-state index contributed by atoms with van der Waals surface area (Å²) in [5.41, 5.74) is 0. The fourth-order valence-electron chi connectivity index (χ4n) is 1.86. The molecule has 0 aromatic rings. The van der Waals surface area contributed by atoms with E-state index in [0.29, 0.717) is 12.5 Å². The SMILES string of the molecule is CN(CC(=O)O)C(=O)NCC1CCCC1. The average molecular weight is 214 g/mol. The molecule has 1 aliphatic carbocycles. The number of carboxylic acid groups (broad SMARTS) is 1. The summed E-state index contributed by atoms with van der Waals surface area (Å²) in [5.74, 6) is -0.416. The Morgan fingerprint density at radius 3 is 2.53 bits per heavy atom. The lowest BCUT2D eigenvalue weighted by Crippen LogP contribution is -2.41. The van der Waals surface area contributed by atoms with E-state index < -0.39 is 5.97 Å². The number of aliphatic carboxylic acids is 1. The van der Waals surface area contributed by atoms with Crippen molar-refractivity contribution in [2.24, 2.45) is 5.92 Å². The van der Waals surface area contributed by atoms with Crippen LogP contribution < -0.4 is 5.32 Å². The molecule has 5 heteroatoms. The van der Waals surface area contributed by atoms with Gasteiger partial charge in [0.2, 0.25) is 0 Å². The Bertz CT molecular complexity index is 237. The van der Waals surface area contributed by atoms with Crippen LogP contribution in [0.15, 0.2) is 0 Å². The van der Waals surface area contributed by atoms with Crippen molar-refractivity contribution < 1.29 is 14.7 Å². The normalized spacial score (nSPS) is 16.3. The van der Waals surface area contributed by atoms with Gasteiger partial charge in [0, 0.05) is 13.6 Å². The van der Waals surface area contributed by atoms with Crippen molar-refractivity contribution in [3.05, 3.63) is 0 Å². The molecule has 0 atom stereocenters. The van der Waals surface area contributed by atoms with Gasteiger partial charge in [0.05, 0.1) is 0 Å². The number of rotatable bonds is 4. The molecular formula is C10H18N2O3. The van der Waals surface area contributed by atoms with Gasteiger partial charge in [0.15, 0.2) is 0 Å². The molecule has 1 aliphatic rings. The van der Waals surface area contributed by atoms with Gasteiger partial charge in [-0.3, -0.25) is 4.79 Å². The van der Waals surface area contributed by atoms with E-state index in [1.807, 2.05) is 0 Å². The monoisotopic (exact) mass is 214 g/mol. The summed E-state index contributed by atoms with van der Waals surface area (Å²) in [6, 6.07) is -0.302. The van der Waals surface area contributed by atoms with Crippen molar-refractivity contribution in [2.45, 2.75) is 25.7 Å². The van der Waals surface area contributed by atoms with Crippen molar-refractivity contribution in [3.63, 3.8) is 0 Å². The number of nitrogens with one attached hydrogen (secondary N) is 1. The van der Waals surface area contributed by atoms with Crippen LogP contribution in [0.25, 0.3) is 0 Å². The average Bonchev–Trinajstić information content (AvgIpc) is 2.65. The molecule has 0 unspecified atom stereocenters. The van der Waals surface area contributed by atoms with Crippen LogP contribution in [0.2, 0.25) is 0 Å². The van der Waals surface area contributed by atoms with Crippen LogP contribution in [-0.4, -0.2) is 42.1 Å². The third-order valence-electron chi connectivity index (χ3n) is 2.74. The molecule has 1 rings (SSSR count). The van der Waals surface area contributed by atoms with E-state index in [9.17, 15) is 9.59 Å². The number of carbonyl (C=O) groups excluding carboxylic acids is 1. The number of nitrogens with zero attached hydrogens (tertiary/aromatic N) is 1. The molecule has 0 aromatic carbocycles. The highest BCUT2D eigenvalue weighted by Gasteiger charge is 2.17. The third kappa shape index (κ3) is 4.18. The van der Waals surface area contributed by atoms with E-state index in [-0.39, 0.29) is 12.6 Å². The zero-order valence-electron chi connectivity index (χ0n) is 9.03. The number of amides is 2. The van der Waals surface area contributed by atoms with Gasteiger partial charge in [-0.15, -0.1) is 0 Å². The second-order valence-corrected chi connectivity index (χ2v) is 4.09. The Hall–Kier alpha value is -1.26. The molecule has 0 aliphatic heterocycles. The van der Waals surface area contributed by atoms with Crippen LogP contribution in [-0.2, 0) is 4.79 Å². The summed E-state index contributed by atoms with van der Waals surface area (Å²) in [4.78, 5) is 22.9. The van der Waals surface area contributed by atoms with E-state index in [1.165, 1.54) is 37.6 Å². The maximum atomic E-state index is 11.4. The van der Waals surface area contributed by atoms with Crippen LogP contribution in [0.4, 0.5) is 4.79 Å². The van der Waals surface area contributed by atoms with Gasteiger partial charge in [-0.2, -0.15) is 0 Å². The predicted octanol–water partition coefficient (Wildman–Crippen LogP) is 0.903. The molecule has 0 aromatic heterocycles. The summed E-state index contributed by atoms with van der Waals surface area (Å²) in [6.07, 6.45) is 4.82. The second-order valence-electron chi connectivity index (χ2n) is 4.09. The number of urea groups is 1. The third-order valence-corrected chi connectivity index (χ3v) is 2.74. The maximum absolute atomic E-state index is 11.4. The van der Waals surface area contributed by atoms with Gasteiger partial charge >= 0.3 is 12.0 Å². The highest BCUT2D eigenvalue weighted by atomic mass is 16.4. The molecule has 0 bridgehead atoms. The summed E-state index contributed by atoms with van der Waals surface area (Å²) in [5, 5.41) is 11.2. The second kappa shape index (κ2) is 5.58. The molecule has 0 saturated heterocycles. The number of carbonyl (C=O) groups is 2. The van der Waals surface area contributed by atoms with Gasteiger partial charge < -0.3 is 15.3 Å². The number of hydrogen-bond donors (Lipinski definition) is 2. The highest BCUT2D eigenvalue weighted by Crippen LogP contribution is 2.23. The minimum Gasteiger partial charge on any atom is -0.480 e. The first kappa shape index (κ1) is 11.8. The fourth-order valence-corrected chi connectivity index (χ4v) is 1.86. The van der Waals surface area contributed by atoms with Crippen LogP contribution in [0.1, 0.15) is 25.7 Å². The van der Waals surface area contributed by atoms with E-state index in [1.54, 1.807) is 0 Å². The van der Waals surface area contributed by atoms with Gasteiger partial charge in [0.25, 0.3) is 0 Å². The molecule has 86 valence electrons. The number of carboxylic acids is 1. The predicted molar refractivity (Wildman–Crippen MR) is 55.6 cm³/mol. The minimum atomic E-state index is -0.992. The molecule has 0 heterocycles.